The molecule has 2 aliphatic heterocycles. The third kappa shape index (κ3) is 9.27. The number of hydrogen-bond donors (Lipinski definition) is 3. The predicted molar refractivity (Wildman–Crippen MR) is 196 cm³/mol. The number of fused-ring (bicyclic) bond motifs is 2. The van der Waals surface area contributed by atoms with Crippen molar-refractivity contribution in [2.24, 2.45) is 5.92 Å². The third-order valence-electron chi connectivity index (χ3n) is 10.0. The molecule has 2 saturated carbocycles. The maximum absolute atomic E-state index is 14.3. The van der Waals surface area contributed by atoms with Gasteiger partial charge in [0.25, 0.3) is 5.91 Å². The largest absolute Gasteiger partial charge is 0.457 e. The summed E-state index contributed by atoms with van der Waals surface area (Å²) in [7, 11) is -3.90. The number of esters is 1. The second-order valence-corrected chi connectivity index (χ2v) is 17.4. The summed E-state index contributed by atoms with van der Waals surface area (Å²) in [6, 6.07) is 14.4. The summed E-state index contributed by atoms with van der Waals surface area (Å²) in [5.74, 6) is -3.16. The molecule has 6 rings (SSSR count). The molecule has 1 saturated heterocycles. The van der Waals surface area contributed by atoms with Crippen LogP contribution in [0.25, 0.3) is 11.1 Å². The Hall–Kier alpha value is -4.72. The quantitative estimate of drug-likeness (QED) is 0.274. The first-order valence-electron chi connectivity index (χ1n) is 18.4. The van der Waals surface area contributed by atoms with E-state index in [0.29, 0.717) is 25.7 Å². The van der Waals surface area contributed by atoms with Crippen molar-refractivity contribution in [2.45, 2.75) is 113 Å². The average molecular weight is 749 g/mol. The van der Waals surface area contributed by atoms with Crippen LogP contribution in [0, 0.1) is 5.92 Å². The lowest BCUT2D eigenvalue weighted by atomic mass is 10.0. The molecule has 3 N–H and O–H groups in total. The van der Waals surface area contributed by atoms with E-state index in [4.69, 9.17) is 9.47 Å². The van der Waals surface area contributed by atoms with Crippen LogP contribution in [0.5, 0.6) is 0 Å². The minimum Gasteiger partial charge on any atom is -0.457 e. The number of rotatable bonds is 7. The summed E-state index contributed by atoms with van der Waals surface area (Å²) in [5, 5.41) is 4.86. The van der Waals surface area contributed by atoms with Crippen LogP contribution < -0.4 is 15.4 Å². The number of allylic oxidation sites excluding steroid dienone is 1. The molecular weight excluding hydrogens is 701 g/mol. The Morgan fingerprint density at radius 3 is 2.30 bits per heavy atom. The van der Waals surface area contributed by atoms with Crippen LogP contribution in [0.15, 0.2) is 66.7 Å². The summed E-state index contributed by atoms with van der Waals surface area (Å²) in [6.45, 7) is 4.98. The van der Waals surface area contributed by atoms with Gasteiger partial charge >= 0.3 is 12.1 Å². The topological polar surface area (TPSA) is 177 Å². The van der Waals surface area contributed by atoms with Crippen LogP contribution in [-0.2, 0) is 33.9 Å². The average Bonchev–Trinajstić information content (AvgIpc) is 4.03. The predicted octanol–water partition coefficient (Wildman–Crippen LogP) is 4.38. The van der Waals surface area contributed by atoms with Crippen molar-refractivity contribution < 1.29 is 41.9 Å². The van der Waals surface area contributed by atoms with Crippen molar-refractivity contribution >= 4 is 39.8 Å². The molecule has 4 aliphatic rings. The monoisotopic (exact) mass is 748 g/mol. The number of alkyl carbamates (subject to hydrolysis) is 1. The number of nitrogens with one attached hydrogen (secondary N) is 3. The summed E-state index contributed by atoms with van der Waals surface area (Å²) in [5.41, 5.74) is -0.174. The van der Waals surface area contributed by atoms with E-state index in [9.17, 15) is 32.4 Å². The van der Waals surface area contributed by atoms with Crippen LogP contribution in [0.2, 0.25) is 0 Å². The molecule has 1 unspecified atom stereocenters. The normalized spacial score (nSPS) is 27.1. The van der Waals surface area contributed by atoms with Crippen LogP contribution in [0.1, 0.15) is 88.9 Å². The fourth-order valence-corrected chi connectivity index (χ4v) is 8.31. The number of sulfonamides is 1. The number of hydrogen-bond acceptors (Lipinski definition) is 9. The standard InChI is InChI=1S/C39H48N4O9S/c1-38(2,3)52-37(48)40-31-15-11-6-4-5-10-14-28-23-39(28,36(47)42-53(49,50)30-20-21-30)41-33(44)32-22-29(24-43(32)34(31)45)51-35(46)27-18-16-26(17-19-27)25-12-8-7-9-13-25/h7-10,12-14,16-19,28-32H,4-6,11,15,20-24H2,1-3H3,(H,40,48)(H,41,44)(H,42,47)/b14-10-/t28?,29-,31+,32+,39-/m1/s1. The zero-order valence-corrected chi connectivity index (χ0v) is 31.2. The number of carbonyl (C=O) groups is 5. The molecule has 14 heteroatoms. The first kappa shape index (κ1) is 38.0. The Kier molecular flexibility index (Phi) is 11.0. The van der Waals surface area contributed by atoms with E-state index in [-0.39, 0.29) is 31.4 Å². The maximum atomic E-state index is 14.3. The fraction of sp³-hybridized carbons (Fsp3) is 0.513. The van der Waals surface area contributed by atoms with Crippen molar-refractivity contribution in [3.05, 3.63) is 72.3 Å². The summed E-state index contributed by atoms with van der Waals surface area (Å²) < 4.78 is 39.1. The van der Waals surface area contributed by atoms with E-state index in [2.05, 4.69) is 15.4 Å². The van der Waals surface area contributed by atoms with E-state index < -0.39 is 80.3 Å². The Morgan fingerprint density at radius 1 is 0.925 bits per heavy atom. The second-order valence-electron chi connectivity index (χ2n) is 15.4. The Labute approximate surface area is 310 Å². The molecule has 3 fully saturated rings. The van der Waals surface area contributed by atoms with Gasteiger partial charge in [-0.2, -0.15) is 0 Å². The number of ether oxygens (including phenoxy) is 2. The lowest BCUT2D eigenvalue weighted by Crippen LogP contribution is -2.58. The van der Waals surface area contributed by atoms with Crippen LogP contribution >= 0.6 is 0 Å². The lowest BCUT2D eigenvalue weighted by molar-refractivity contribution is -0.141. The first-order chi connectivity index (χ1) is 25.1. The van der Waals surface area contributed by atoms with Gasteiger partial charge in [-0.1, -0.05) is 67.5 Å². The Balaban J connectivity index is 1.25. The second kappa shape index (κ2) is 15.3. The lowest BCUT2D eigenvalue weighted by Gasteiger charge is -2.30. The molecule has 4 amide bonds. The summed E-state index contributed by atoms with van der Waals surface area (Å²) in [4.78, 5) is 69.7. The molecule has 2 aromatic carbocycles. The highest BCUT2D eigenvalue weighted by atomic mass is 32.2. The molecule has 2 aromatic rings. The Bertz CT molecular complexity index is 1850. The van der Waals surface area contributed by atoms with Gasteiger partial charge in [0.2, 0.25) is 21.8 Å². The Morgan fingerprint density at radius 2 is 1.62 bits per heavy atom. The first-order valence-corrected chi connectivity index (χ1v) is 19.9. The van der Waals surface area contributed by atoms with E-state index in [1.807, 2.05) is 54.6 Å². The fourth-order valence-electron chi connectivity index (χ4n) is 6.95. The molecule has 2 aliphatic carbocycles. The van der Waals surface area contributed by atoms with Crippen LogP contribution in [-0.4, -0.2) is 84.2 Å². The van der Waals surface area contributed by atoms with Gasteiger partial charge in [0.15, 0.2) is 0 Å². The van der Waals surface area contributed by atoms with E-state index >= 15 is 0 Å². The maximum Gasteiger partial charge on any atom is 0.408 e. The molecule has 2 heterocycles. The zero-order chi connectivity index (χ0) is 38.0. The molecule has 0 bridgehead atoms. The highest BCUT2D eigenvalue weighted by Crippen LogP contribution is 2.46. The van der Waals surface area contributed by atoms with Gasteiger partial charge in [0.1, 0.15) is 29.3 Å². The van der Waals surface area contributed by atoms with Gasteiger partial charge in [-0.05, 0) is 82.6 Å². The van der Waals surface area contributed by atoms with Gasteiger partial charge in [-0.3, -0.25) is 19.1 Å². The number of amides is 4. The minimum atomic E-state index is -3.90. The van der Waals surface area contributed by atoms with E-state index in [0.717, 1.165) is 24.0 Å². The highest BCUT2D eigenvalue weighted by molar-refractivity contribution is 7.91. The third-order valence-corrected chi connectivity index (χ3v) is 11.9. The minimum absolute atomic E-state index is 0.0802. The van der Waals surface area contributed by atoms with Crippen molar-refractivity contribution in [3.63, 3.8) is 0 Å². The molecule has 0 aromatic heterocycles. The molecule has 0 spiro atoms. The molecular formula is C39H48N4O9S. The summed E-state index contributed by atoms with van der Waals surface area (Å²) >= 11 is 0. The van der Waals surface area contributed by atoms with Gasteiger partial charge in [-0.25, -0.2) is 18.0 Å². The molecule has 5 atom stereocenters. The van der Waals surface area contributed by atoms with E-state index in [1.54, 1.807) is 32.9 Å². The van der Waals surface area contributed by atoms with Gasteiger partial charge in [-0.15, -0.1) is 0 Å². The summed E-state index contributed by atoms with van der Waals surface area (Å²) in [6.07, 6.45) is 6.16. The van der Waals surface area contributed by atoms with Crippen molar-refractivity contribution in [1.82, 2.24) is 20.3 Å². The van der Waals surface area contributed by atoms with E-state index in [1.165, 1.54) is 4.90 Å². The number of carbonyl (C=O) groups excluding carboxylic acids is 5. The molecule has 53 heavy (non-hydrogen) atoms. The molecule has 0 radical (unpaired) electrons. The number of nitrogens with zero attached hydrogens (tertiary/aromatic N) is 1. The zero-order valence-electron chi connectivity index (χ0n) is 30.3. The number of benzene rings is 2. The van der Waals surface area contributed by atoms with Gasteiger partial charge in [0.05, 0.1) is 17.4 Å². The van der Waals surface area contributed by atoms with Crippen molar-refractivity contribution in [3.8, 4) is 11.1 Å². The molecule has 13 nitrogen and oxygen atoms in total. The van der Waals surface area contributed by atoms with Gasteiger partial charge in [0, 0.05) is 12.3 Å². The van der Waals surface area contributed by atoms with Crippen molar-refractivity contribution in [2.75, 3.05) is 6.54 Å². The van der Waals surface area contributed by atoms with Crippen LogP contribution in [0.3, 0.4) is 0 Å². The highest BCUT2D eigenvalue weighted by Gasteiger charge is 2.62. The SMILES string of the molecule is CC(C)(C)OC(=O)N[C@H]1CCCCC/C=C\C2C[C@@]2(C(=O)NS(=O)(=O)C2CC2)NC(=O)[C@@H]2C[C@@H](OC(=O)c3ccc(-c4ccccc4)cc3)CN2C1=O. The van der Waals surface area contributed by atoms with Crippen molar-refractivity contribution in [1.29, 1.82) is 0 Å². The molecule has 284 valence electrons. The smallest absolute Gasteiger partial charge is 0.408 e. The van der Waals surface area contributed by atoms with Crippen LogP contribution in [0.4, 0.5) is 4.79 Å². The van der Waals surface area contributed by atoms with Gasteiger partial charge < -0.3 is 25.0 Å².